The van der Waals surface area contributed by atoms with Gasteiger partial charge in [-0.25, -0.2) is 0 Å². The highest BCUT2D eigenvalue weighted by Crippen LogP contribution is 2.36. The Hall–Kier alpha value is -0.490. The molecular formula is C10H13Cl2F3N2. The first-order valence-electron chi connectivity index (χ1n) is 4.68. The molecule has 4 N–H and O–H groups in total. The minimum atomic E-state index is -4.45. The number of alkyl halides is 3. The molecule has 1 atom stereocenters. The van der Waals surface area contributed by atoms with Crippen molar-refractivity contribution in [3.05, 3.63) is 34.3 Å². The molecule has 0 aliphatic heterocycles. The van der Waals surface area contributed by atoms with Gasteiger partial charge >= 0.3 is 6.18 Å². The largest absolute Gasteiger partial charge is 0.416 e. The van der Waals surface area contributed by atoms with Crippen LogP contribution in [0.25, 0.3) is 0 Å². The quantitative estimate of drug-likeness (QED) is 0.898. The highest BCUT2D eigenvalue weighted by molar-refractivity contribution is 6.30. The zero-order valence-corrected chi connectivity index (χ0v) is 10.4. The van der Waals surface area contributed by atoms with Crippen LogP contribution in [-0.2, 0) is 6.18 Å². The van der Waals surface area contributed by atoms with E-state index in [1.54, 1.807) is 0 Å². The molecule has 1 aromatic carbocycles. The van der Waals surface area contributed by atoms with Crippen molar-refractivity contribution in [3.8, 4) is 0 Å². The fourth-order valence-electron chi connectivity index (χ4n) is 1.43. The molecule has 0 unspecified atom stereocenters. The molecule has 1 rings (SSSR count). The van der Waals surface area contributed by atoms with Crippen LogP contribution in [0, 0.1) is 0 Å². The molecule has 0 fully saturated rings. The Bertz CT molecular complexity index is 369. The summed E-state index contributed by atoms with van der Waals surface area (Å²) in [5, 5.41) is 0.0380. The van der Waals surface area contributed by atoms with Crippen molar-refractivity contribution < 1.29 is 13.2 Å². The van der Waals surface area contributed by atoms with E-state index < -0.39 is 17.8 Å². The van der Waals surface area contributed by atoms with Crippen LogP contribution < -0.4 is 11.5 Å². The first-order chi connectivity index (χ1) is 7.36. The van der Waals surface area contributed by atoms with E-state index in [1.165, 1.54) is 12.1 Å². The average Bonchev–Trinajstić information content (AvgIpc) is 2.16. The van der Waals surface area contributed by atoms with E-state index in [2.05, 4.69) is 0 Å². The van der Waals surface area contributed by atoms with Crippen LogP contribution in [0.1, 0.15) is 23.6 Å². The van der Waals surface area contributed by atoms with Gasteiger partial charge in [0.1, 0.15) is 0 Å². The van der Waals surface area contributed by atoms with Gasteiger partial charge in [-0.05, 0) is 30.7 Å². The normalized spacial score (nSPS) is 13.1. The molecule has 0 saturated heterocycles. The summed E-state index contributed by atoms with van der Waals surface area (Å²) in [5.74, 6) is 0. The zero-order chi connectivity index (χ0) is 12.3. The molecule has 0 spiro atoms. The predicted octanol–water partition coefficient (Wildman–Crippen LogP) is 3.13. The van der Waals surface area contributed by atoms with Gasteiger partial charge in [0.15, 0.2) is 0 Å². The molecular weight excluding hydrogens is 276 g/mol. The number of nitrogens with two attached hydrogens (primary N) is 2. The zero-order valence-electron chi connectivity index (χ0n) is 8.80. The summed E-state index contributed by atoms with van der Waals surface area (Å²) >= 11 is 5.54. The Morgan fingerprint density at radius 3 is 2.35 bits per heavy atom. The van der Waals surface area contributed by atoms with Crippen LogP contribution >= 0.6 is 24.0 Å². The molecule has 0 aromatic heterocycles. The summed E-state index contributed by atoms with van der Waals surface area (Å²) in [6.45, 7) is 0.237. The standard InChI is InChI=1S/C10H12ClF3N2.ClH/c11-6-1-2-7(9(16)3-4-15)8(5-6)10(12,13)14;/h1-2,5,9H,3-4,15-16H2;1H/t9-;/m0./s1. The van der Waals surface area contributed by atoms with Gasteiger partial charge in [-0.1, -0.05) is 17.7 Å². The molecule has 0 saturated carbocycles. The first kappa shape index (κ1) is 16.5. The smallest absolute Gasteiger partial charge is 0.330 e. The van der Waals surface area contributed by atoms with Crippen molar-refractivity contribution in [1.82, 2.24) is 0 Å². The van der Waals surface area contributed by atoms with Gasteiger partial charge in [0, 0.05) is 11.1 Å². The summed E-state index contributed by atoms with van der Waals surface area (Å²) in [4.78, 5) is 0. The van der Waals surface area contributed by atoms with Crippen LogP contribution in [0.3, 0.4) is 0 Å². The van der Waals surface area contributed by atoms with Gasteiger partial charge < -0.3 is 11.5 Å². The molecule has 0 aliphatic rings. The molecule has 0 heterocycles. The van der Waals surface area contributed by atoms with Gasteiger partial charge in [-0.3, -0.25) is 0 Å². The maximum atomic E-state index is 12.7. The Labute approximate surface area is 109 Å². The Kier molecular flexibility index (Phi) is 6.26. The molecule has 7 heteroatoms. The number of hydrogen-bond acceptors (Lipinski definition) is 2. The van der Waals surface area contributed by atoms with Gasteiger partial charge in [-0.15, -0.1) is 12.4 Å². The second-order valence-corrected chi connectivity index (χ2v) is 3.85. The first-order valence-corrected chi connectivity index (χ1v) is 5.06. The van der Waals surface area contributed by atoms with Crippen LogP contribution in [0.15, 0.2) is 18.2 Å². The van der Waals surface area contributed by atoms with E-state index in [0.717, 1.165) is 6.07 Å². The van der Waals surface area contributed by atoms with Gasteiger partial charge in [-0.2, -0.15) is 13.2 Å². The topological polar surface area (TPSA) is 52.0 Å². The molecule has 98 valence electrons. The third kappa shape index (κ3) is 4.35. The molecule has 2 nitrogen and oxygen atoms in total. The minimum absolute atomic E-state index is 0. The highest BCUT2D eigenvalue weighted by Gasteiger charge is 2.34. The lowest BCUT2D eigenvalue weighted by Gasteiger charge is -2.18. The summed E-state index contributed by atoms with van der Waals surface area (Å²) in [5.41, 5.74) is 10.1. The van der Waals surface area contributed by atoms with Crippen LogP contribution in [0.2, 0.25) is 5.02 Å². The van der Waals surface area contributed by atoms with Crippen molar-refractivity contribution >= 4 is 24.0 Å². The van der Waals surface area contributed by atoms with Crippen molar-refractivity contribution in [2.75, 3.05) is 6.54 Å². The fourth-order valence-corrected chi connectivity index (χ4v) is 1.60. The average molecular weight is 289 g/mol. The van der Waals surface area contributed by atoms with Gasteiger partial charge in [0.25, 0.3) is 0 Å². The van der Waals surface area contributed by atoms with Crippen LogP contribution in [-0.4, -0.2) is 6.54 Å². The van der Waals surface area contributed by atoms with Gasteiger partial charge in [0.05, 0.1) is 5.56 Å². The van der Waals surface area contributed by atoms with E-state index in [4.69, 9.17) is 23.1 Å². The number of hydrogen-bond donors (Lipinski definition) is 2. The van der Waals surface area contributed by atoms with E-state index in [9.17, 15) is 13.2 Å². The SMILES string of the molecule is Cl.NCC[C@H](N)c1ccc(Cl)cc1C(F)(F)F. The van der Waals surface area contributed by atoms with Crippen molar-refractivity contribution in [2.45, 2.75) is 18.6 Å². The summed E-state index contributed by atoms with van der Waals surface area (Å²) in [6.07, 6.45) is -4.16. The molecule has 1 aromatic rings. The lowest BCUT2D eigenvalue weighted by Crippen LogP contribution is -2.20. The Morgan fingerprint density at radius 1 is 1.29 bits per heavy atom. The number of benzene rings is 1. The fraction of sp³-hybridized carbons (Fsp3) is 0.400. The molecule has 0 amide bonds. The van der Waals surface area contributed by atoms with Crippen LogP contribution in [0.4, 0.5) is 13.2 Å². The number of rotatable bonds is 3. The maximum Gasteiger partial charge on any atom is 0.416 e. The number of halogens is 5. The van der Waals surface area contributed by atoms with E-state index in [1.807, 2.05) is 0 Å². The summed E-state index contributed by atoms with van der Waals surface area (Å²) < 4.78 is 38.1. The predicted molar refractivity (Wildman–Crippen MR) is 64.3 cm³/mol. The molecule has 0 aliphatic carbocycles. The lowest BCUT2D eigenvalue weighted by atomic mass is 9.98. The third-order valence-electron chi connectivity index (χ3n) is 2.20. The van der Waals surface area contributed by atoms with Crippen molar-refractivity contribution in [3.63, 3.8) is 0 Å². The van der Waals surface area contributed by atoms with Crippen LogP contribution in [0.5, 0.6) is 0 Å². The van der Waals surface area contributed by atoms with Crippen molar-refractivity contribution in [2.24, 2.45) is 11.5 Å². The maximum absolute atomic E-state index is 12.7. The molecule has 17 heavy (non-hydrogen) atoms. The van der Waals surface area contributed by atoms with E-state index >= 15 is 0 Å². The van der Waals surface area contributed by atoms with E-state index in [0.29, 0.717) is 6.42 Å². The van der Waals surface area contributed by atoms with E-state index in [-0.39, 0.29) is 29.5 Å². The third-order valence-corrected chi connectivity index (χ3v) is 2.43. The second-order valence-electron chi connectivity index (χ2n) is 3.41. The molecule has 0 bridgehead atoms. The van der Waals surface area contributed by atoms with Gasteiger partial charge in [0.2, 0.25) is 0 Å². The lowest BCUT2D eigenvalue weighted by molar-refractivity contribution is -0.138. The van der Waals surface area contributed by atoms with Crippen molar-refractivity contribution in [1.29, 1.82) is 0 Å². The summed E-state index contributed by atoms with van der Waals surface area (Å²) in [6, 6.07) is 2.85. The monoisotopic (exact) mass is 288 g/mol. The molecule has 0 radical (unpaired) electrons. The summed E-state index contributed by atoms with van der Waals surface area (Å²) in [7, 11) is 0. The minimum Gasteiger partial charge on any atom is -0.330 e. The Morgan fingerprint density at radius 2 is 1.88 bits per heavy atom. The highest BCUT2D eigenvalue weighted by atomic mass is 35.5. The Balaban J connectivity index is 0.00000256. The second kappa shape index (κ2) is 6.44.